The van der Waals surface area contributed by atoms with Gasteiger partial charge in [-0.25, -0.2) is 36.3 Å². The maximum Gasteiger partial charge on any atom is 0.342 e. The Bertz CT molecular complexity index is 2400. The van der Waals surface area contributed by atoms with Crippen molar-refractivity contribution in [1.29, 1.82) is 0 Å². The fourth-order valence-corrected chi connectivity index (χ4v) is 7.67. The molecule has 14 nitrogen and oxygen atoms in total. The van der Waals surface area contributed by atoms with Crippen molar-refractivity contribution in [2.45, 2.75) is 21.9 Å². The van der Waals surface area contributed by atoms with Crippen LogP contribution in [0.25, 0.3) is 0 Å². The number of sulfonamides is 2. The van der Waals surface area contributed by atoms with Crippen LogP contribution in [0.2, 0.25) is 0 Å². The van der Waals surface area contributed by atoms with E-state index in [4.69, 9.17) is 20.3 Å². The third kappa shape index (κ3) is 5.36. The number of benzene rings is 5. The van der Waals surface area contributed by atoms with E-state index in [1.807, 2.05) is 0 Å². The summed E-state index contributed by atoms with van der Waals surface area (Å²) in [6, 6.07) is 23.0. The van der Waals surface area contributed by atoms with E-state index in [2.05, 4.69) is 4.72 Å². The number of anilines is 2. The Morgan fingerprint density at radius 2 is 1.36 bits per heavy atom. The van der Waals surface area contributed by atoms with Gasteiger partial charge in [0.05, 0.1) is 26.7 Å². The summed E-state index contributed by atoms with van der Waals surface area (Å²) in [7, 11) is -7.98. The molecule has 0 atom stereocenters. The van der Waals surface area contributed by atoms with Gasteiger partial charge in [-0.1, -0.05) is 24.3 Å². The lowest BCUT2D eigenvalue weighted by atomic mass is 9.77. The maximum atomic E-state index is 13.8. The number of urea groups is 1. The number of nitrogens with two attached hydrogens (primary N) is 2. The molecule has 50 heavy (non-hydrogen) atoms. The molecule has 7 N–H and O–H groups in total. The fraction of sp³-hybridized carbons (Fsp3) is 0.0588. The monoisotopic (exact) mass is 714 g/mol. The van der Waals surface area contributed by atoms with Gasteiger partial charge in [0.25, 0.3) is 0 Å². The van der Waals surface area contributed by atoms with Crippen molar-refractivity contribution < 1.29 is 46.1 Å². The second-order valence-corrected chi connectivity index (χ2v) is 14.7. The molecule has 1 spiro atoms. The predicted octanol–water partition coefficient (Wildman–Crippen LogP) is 4.01. The van der Waals surface area contributed by atoms with E-state index in [-0.39, 0.29) is 56.3 Å². The molecular formula is C34H26N4O10S2. The SMILES string of the molecule is NC(=O)N(c1ccc(S(=O)(=O)NCc2ccc(S(N)(=O)=O)cc2)cc1)c1cccc2c1C(=O)OC21c2ccc(O)cc2Oc2cc(O)ccc21. The number of phenols is 2. The van der Waals surface area contributed by atoms with Crippen molar-refractivity contribution >= 4 is 43.4 Å². The molecule has 2 heterocycles. The van der Waals surface area contributed by atoms with Crippen molar-refractivity contribution in [2.24, 2.45) is 10.9 Å². The van der Waals surface area contributed by atoms with Gasteiger partial charge >= 0.3 is 12.0 Å². The third-order valence-electron chi connectivity index (χ3n) is 8.37. The average Bonchev–Trinajstić information content (AvgIpc) is 3.36. The first-order valence-corrected chi connectivity index (χ1v) is 17.7. The summed E-state index contributed by atoms with van der Waals surface area (Å²) in [6.07, 6.45) is 0. The summed E-state index contributed by atoms with van der Waals surface area (Å²) in [4.78, 5) is 27.6. The molecule has 5 aromatic rings. The number of ether oxygens (including phenoxy) is 2. The normalized spacial score (nSPS) is 14.2. The number of nitrogens with one attached hydrogen (secondary N) is 1. The van der Waals surface area contributed by atoms with Crippen LogP contribution < -0.4 is 25.2 Å². The summed E-state index contributed by atoms with van der Waals surface area (Å²) in [6.45, 7) is -0.154. The van der Waals surface area contributed by atoms with E-state index in [0.29, 0.717) is 22.3 Å². The zero-order valence-corrected chi connectivity index (χ0v) is 27.2. The number of hydrogen-bond acceptors (Lipinski definition) is 10. The number of carbonyl (C=O) groups is 2. The maximum absolute atomic E-state index is 13.8. The Kier molecular flexibility index (Phi) is 7.56. The van der Waals surface area contributed by atoms with Gasteiger partial charge < -0.3 is 25.4 Å². The smallest absolute Gasteiger partial charge is 0.342 e. The Morgan fingerprint density at radius 3 is 1.92 bits per heavy atom. The molecule has 0 radical (unpaired) electrons. The number of fused-ring (bicyclic) bond motifs is 6. The molecule has 0 fully saturated rings. The molecule has 2 aliphatic rings. The standard InChI is InChI=1S/C34H26N4O10S2/c35-33(42)38(20-6-12-24(13-7-20)50(45,46)37-18-19-4-10-23(11-5-19)49(36,43)44)28-3-1-2-27-31(28)32(41)48-34(27)25-14-8-21(39)16-29(25)47-30-17-22(40)9-15-26(30)34/h1-17,37,39-40H,18H2,(H2,35,42)(H2,36,43,44). The Morgan fingerprint density at radius 1 is 0.780 bits per heavy atom. The first kappa shape index (κ1) is 32.6. The highest BCUT2D eigenvalue weighted by Gasteiger charge is 2.55. The molecule has 2 aliphatic heterocycles. The second kappa shape index (κ2) is 11.6. The van der Waals surface area contributed by atoms with Gasteiger partial charge in [0.1, 0.15) is 23.0 Å². The van der Waals surface area contributed by atoms with E-state index in [9.17, 15) is 36.6 Å². The first-order valence-electron chi connectivity index (χ1n) is 14.7. The molecule has 7 rings (SSSR count). The largest absolute Gasteiger partial charge is 0.508 e. The van der Waals surface area contributed by atoms with Crippen LogP contribution in [0.15, 0.2) is 113 Å². The predicted molar refractivity (Wildman–Crippen MR) is 178 cm³/mol. The third-order valence-corrected chi connectivity index (χ3v) is 10.7. The van der Waals surface area contributed by atoms with Crippen LogP contribution in [0.3, 0.4) is 0 Å². The topological polar surface area (TPSA) is 229 Å². The number of rotatable bonds is 7. The average molecular weight is 715 g/mol. The molecule has 2 amide bonds. The first-order chi connectivity index (χ1) is 23.7. The van der Waals surface area contributed by atoms with Crippen LogP contribution in [-0.2, 0) is 36.9 Å². The van der Waals surface area contributed by atoms with Crippen LogP contribution in [0.1, 0.15) is 32.6 Å². The molecule has 0 aliphatic carbocycles. The van der Waals surface area contributed by atoms with Crippen LogP contribution in [0.5, 0.6) is 23.0 Å². The van der Waals surface area contributed by atoms with Gasteiger partial charge in [-0.2, -0.15) is 0 Å². The van der Waals surface area contributed by atoms with E-state index >= 15 is 0 Å². The molecule has 0 saturated heterocycles. The number of aromatic hydroxyl groups is 2. The zero-order valence-electron chi connectivity index (χ0n) is 25.6. The van der Waals surface area contributed by atoms with E-state index in [1.54, 1.807) is 24.3 Å². The number of esters is 1. The van der Waals surface area contributed by atoms with E-state index in [1.165, 1.54) is 78.9 Å². The zero-order chi connectivity index (χ0) is 35.6. The summed E-state index contributed by atoms with van der Waals surface area (Å²) >= 11 is 0. The Labute approximate surface area is 285 Å². The van der Waals surface area contributed by atoms with E-state index in [0.717, 1.165) is 4.90 Å². The molecule has 0 aromatic heterocycles. The lowest BCUT2D eigenvalue weighted by Gasteiger charge is -2.36. The minimum Gasteiger partial charge on any atom is -0.508 e. The Hall–Kier alpha value is -5.94. The van der Waals surface area contributed by atoms with Gasteiger partial charge in [0, 0.05) is 35.4 Å². The van der Waals surface area contributed by atoms with Crippen molar-refractivity contribution in [2.75, 3.05) is 4.90 Å². The lowest BCUT2D eigenvalue weighted by Crippen LogP contribution is -2.33. The van der Waals surface area contributed by atoms with Crippen molar-refractivity contribution in [3.05, 3.63) is 131 Å². The quantitative estimate of drug-likeness (QED) is 0.152. The van der Waals surface area contributed by atoms with Crippen molar-refractivity contribution in [3.8, 4) is 23.0 Å². The van der Waals surface area contributed by atoms with Gasteiger partial charge in [0.15, 0.2) is 5.60 Å². The van der Waals surface area contributed by atoms with Crippen LogP contribution >= 0.6 is 0 Å². The highest BCUT2D eigenvalue weighted by Crippen LogP contribution is 2.58. The summed E-state index contributed by atoms with van der Waals surface area (Å²) < 4.78 is 63.8. The van der Waals surface area contributed by atoms with Crippen LogP contribution in [0, 0.1) is 0 Å². The number of primary amides is 1. The lowest BCUT2D eigenvalue weighted by molar-refractivity contribution is 0.0224. The number of nitrogens with zero attached hydrogens (tertiary/aromatic N) is 1. The van der Waals surface area contributed by atoms with Crippen molar-refractivity contribution in [1.82, 2.24) is 4.72 Å². The molecule has 0 saturated carbocycles. The molecule has 0 unspecified atom stereocenters. The Balaban J connectivity index is 1.25. The highest BCUT2D eigenvalue weighted by molar-refractivity contribution is 7.89. The fourth-order valence-electron chi connectivity index (χ4n) is 6.13. The van der Waals surface area contributed by atoms with Gasteiger partial charge in [-0.15, -0.1) is 0 Å². The molecule has 254 valence electrons. The number of primary sulfonamides is 1. The van der Waals surface area contributed by atoms with Gasteiger partial charge in [-0.05, 0) is 72.3 Å². The second-order valence-electron chi connectivity index (χ2n) is 11.4. The minimum absolute atomic E-state index is 0.00179. The molecule has 16 heteroatoms. The number of carbonyl (C=O) groups excluding carboxylic acids is 2. The highest BCUT2D eigenvalue weighted by atomic mass is 32.2. The molecule has 5 aromatic carbocycles. The number of amides is 2. The van der Waals surface area contributed by atoms with E-state index < -0.39 is 37.6 Å². The number of hydrogen-bond donors (Lipinski definition) is 5. The van der Waals surface area contributed by atoms with Crippen molar-refractivity contribution in [3.63, 3.8) is 0 Å². The van der Waals surface area contributed by atoms with Crippen LogP contribution in [-0.4, -0.2) is 39.0 Å². The van der Waals surface area contributed by atoms with Crippen LogP contribution in [0.4, 0.5) is 16.2 Å². The summed E-state index contributed by atoms with van der Waals surface area (Å²) in [5, 5.41) is 25.5. The molecular weight excluding hydrogens is 689 g/mol. The molecule has 0 bridgehead atoms. The minimum atomic E-state index is -4.07. The summed E-state index contributed by atoms with van der Waals surface area (Å²) in [5.41, 5.74) is 6.01. The van der Waals surface area contributed by atoms with Gasteiger partial charge in [-0.3, -0.25) is 4.90 Å². The number of phenolic OH excluding ortho intramolecular Hbond substituents is 2. The van der Waals surface area contributed by atoms with Gasteiger partial charge in [0.2, 0.25) is 20.0 Å². The summed E-state index contributed by atoms with van der Waals surface area (Å²) in [5.74, 6) is -0.679.